The quantitative estimate of drug-likeness (QED) is 0.786. The van der Waals surface area contributed by atoms with Crippen LogP contribution in [0.3, 0.4) is 0 Å². The van der Waals surface area contributed by atoms with Crippen LogP contribution in [0.15, 0.2) is 4.60 Å². The lowest BCUT2D eigenvalue weighted by atomic mass is 10.2. The van der Waals surface area contributed by atoms with E-state index in [0.29, 0.717) is 0 Å². The molecule has 1 rings (SSSR count). The Balaban J connectivity index is 2.55. The third kappa shape index (κ3) is 3.08. The number of nitrogens with zero attached hydrogens (tertiary/aromatic N) is 3. The first-order valence-corrected chi connectivity index (χ1v) is 6.16. The first-order chi connectivity index (χ1) is 6.79. The lowest BCUT2D eigenvalue weighted by Crippen LogP contribution is -2.00. The van der Waals surface area contributed by atoms with Gasteiger partial charge in [0.2, 0.25) is 0 Å². The van der Waals surface area contributed by atoms with Crippen LogP contribution in [0.5, 0.6) is 0 Å². The lowest BCUT2D eigenvalue weighted by molar-refractivity contribution is 0.544. The van der Waals surface area contributed by atoms with Crippen LogP contribution in [-0.4, -0.2) is 15.0 Å². The van der Waals surface area contributed by atoms with E-state index < -0.39 is 0 Å². The summed E-state index contributed by atoms with van der Waals surface area (Å²) in [6.07, 6.45) is 5.77. The summed E-state index contributed by atoms with van der Waals surface area (Å²) in [5, 5.41) is 8.30. The number of aryl methyl sites for hydroxylation is 2. The molecule has 4 heteroatoms. The summed E-state index contributed by atoms with van der Waals surface area (Å²) >= 11 is 3.55. The zero-order valence-corrected chi connectivity index (χ0v) is 10.5. The molecular weight excluding hydrogens is 242 g/mol. The molecule has 1 heterocycles. The highest BCUT2D eigenvalue weighted by Gasteiger charge is 2.08. The Kier molecular flexibility index (Phi) is 5.15. The normalized spacial score (nSPS) is 10.8. The highest BCUT2D eigenvalue weighted by molar-refractivity contribution is 9.10. The maximum absolute atomic E-state index is 4.17. The van der Waals surface area contributed by atoms with Gasteiger partial charge in [-0.1, -0.05) is 31.9 Å². The Bertz CT molecular complexity index is 245. The van der Waals surface area contributed by atoms with E-state index in [4.69, 9.17) is 0 Å². The van der Waals surface area contributed by atoms with Gasteiger partial charge in [-0.15, -0.1) is 5.10 Å². The van der Waals surface area contributed by atoms with Gasteiger partial charge in [-0.05, 0) is 35.2 Å². The van der Waals surface area contributed by atoms with E-state index in [1.54, 1.807) is 0 Å². The molecule has 0 atom stereocenters. The third-order valence-electron chi connectivity index (χ3n) is 2.23. The second-order valence-corrected chi connectivity index (χ2v) is 4.26. The van der Waals surface area contributed by atoms with E-state index in [1.165, 1.54) is 19.3 Å². The molecule has 0 aliphatic rings. The minimum Gasteiger partial charge on any atom is -0.238 e. The molecule has 14 heavy (non-hydrogen) atoms. The number of hydrogen-bond donors (Lipinski definition) is 0. The van der Waals surface area contributed by atoms with Crippen molar-refractivity contribution in [3.05, 3.63) is 10.3 Å². The Morgan fingerprint density at radius 1 is 1.21 bits per heavy atom. The predicted molar refractivity (Wildman–Crippen MR) is 61.2 cm³/mol. The predicted octanol–water partition coefficient (Wildman–Crippen LogP) is 3.18. The van der Waals surface area contributed by atoms with Gasteiger partial charge < -0.3 is 0 Å². The number of rotatable bonds is 6. The smallest absolute Gasteiger partial charge is 0.127 e. The average molecular weight is 260 g/mol. The molecule has 0 aromatic carbocycles. The van der Waals surface area contributed by atoms with Crippen molar-refractivity contribution in [3.63, 3.8) is 0 Å². The minimum absolute atomic E-state index is 0.968. The maximum atomic E-state index is 4.17. The lowest BCUT2D eigenvalue weighted by Gasteiger charge is -2.00. The van der Waals surface area contributed by atoms with Gasteiger partial charge in [0.05, 0.1) is 5.69 Å². The van der Waals surface area contributed by atoms with Gasteiger partial charge in [0.25, 0.3) is 0 Å². The molecule has 0 N–H and O–H groups in total. The molecule has 80 valence electrons. The highest BCUT2D eigenvalue weighted by atomic mass is 79.9. The second-order valence-electron chi connectivity index (χ2n) is 3.51. The van der Waals surface area contributed by atoms with Crippen LogP contribution in [0.25, 0.3) is 0 Å². The van der Waals surface area contributed by atoms with Crippen molar-refractivity contribution in [2.24, 2.45) is 0 Å². The van der Waals surface area contributed by atoms with E-state index in [0.717, 1.165) is 29.7 Å². The molecule has 0 fully saturated rings. The van der Waals surface area contributed by atoms with E-state index in [9.17, 15) is 0 Å². The zero-order chi connectivity index (χ0) is 10.4. The van der Waals surface area contributed by atoms with E-state index in [2.05, 4.69) is 40.1 Å². The van der Waals surface area contributed by atoms with Gasteiger partial charge in [0.1, 0.15) is 4.60 Å². The van der Waals surface area contributed by atoms with Crippen LogP contribution in [0.1, 0.15) is 45.2 Å². The number of aromatic nitrogens is 3. The van der Waals surface area contributed by atoms with Gasteiger partial charge in [-0.25, -0.2) is 4.68 Å². The molecule has 0 unspecified atom stereocenters. The monoisotopic (exact) mass is 259 g/mol. The van der Waals surface area contributed by atoms with E-state index in [1.807, 2.05) is 4.68 Å². The summed E-state index contributed by atoms with van der Waals surface area (Å²) in [6, 6.07) is 0. The Hall–Kier alpha value is -0.380. The molecule has 0 spiro atoms. The van der Waals surface area contributed by atoms with Gasteiger partial charge >= 0.3 is 0 Å². The summed E-state index contributed by atoms with van der Waals surface area (Å²) in [6.45, 7) is 5.34. The summed E-state index contributed by atoms with van der Waals surface area (Å²) < 4.78 is 3.02. The first kappa shape index (κ1) is 11.7. The van der Waals surface area contributed by atoms with Crippen LogP contribution in [-0.2, 0) is 13.0 Å². The van der Waals surface area contributed by atoms with Crippen molar-refractivity contribution in [2.45, 2.75) is 52.5 Å². The van der Waals surface area contributed by atoms with Crippen molar-refractivity contribution < 1.29 is 0 Å². The second kappa shape index (κ2) is 6.17. The van der Waals surface area contributed by atoms with Gasteiger partial charge in [0.15, 0.2) is 0 Å². The molecular formula is C10H18BrN3. The fourth-order valence-corrected chi connectivity index (χ4v) is 1.81. The third-order valence-corrected chi connectivity index (χ3v) is 3.10. The fourth-order valence-electron chi connectivity index (χ4n) is 1.29. The van der Waals surface area contributed by atoms with Gasteiger partial charge in [0, 0.05) is 6.54 Å². The van der Waals surface area contributed by atoms with Crippen LogP contribution in [0.2, 0.25) is 0 Å². The van der Waals surface area contributed by atoms with Crippen LogP contribution in [0, 0.1) is 0 Å². The molecule has 1 aromatic rings. The minimum atomic E-state index is 0.968. The van der Waals surface area contributed by atoms with E-state index in [-0.39, 0.29) is 0 Å². The van der Waals surface area contributed by atoms with Crippen LogP contribution in [0.4, 0.5) is 0 Å². The summed E-state index contributed by atoms with van der Waals surface area (Å²) in [5.41, 5.74) is 1.10. The number of unbranched alkanes of at least 4 members (excludes halogenated alkanes) is 2. The Labute approximate surface area is 94.0 Å². The summed E-state index contributed by atoms with van der Waals surface area (Å²) in [4.78, 5) is 0. The van der Waals surface area contributed by atoms with Crippen molar-refractivity contribution in [1.82, 2.24) is 15.0 Å². The Morgan fingerprint density at radius 3 is 2.57 bits per heavy atom. The summed E-state index contributed by atoms with van der Waals surface area (Å²) in [7, 11) is 0. The topological polar surface area (TPSA) is 30.7 Å². The average Bonchev–Trinajstić information content (AvgIpc) is 2.54. The molecule has 0 aliphatic carbocycles. The molecule has 0 amide bonds. The Morgan fingerprint density at radius 2 is 1.93 bits per heavy atom. The molecule has 3 nitrogen and oxygen atoms in total. The SMILES string of the molecule is CCCCc1nnn(CCCC)c1Br. The van der Waals surface area contributed by atoms with Gasteiger partial charge in [-0.3, -0.25) is 0 Å². The van der Waals surface area contributed by atoms with Crippen LogP contribution >= 0.6 is 15.9 Å². The number of halogens is 1. The largest absolute Gasteiger partial charge is 0.238 e. The van der Waals surface area contributed by atoms with Crippen molar-refractivity contribution in [1.29, 1.82) is 0 Å². The molecule has 1 aromatic heterocycles. The zero-order valence-electron chi connectivity index (χ0n) is 8.96. The highest BCUT2D eigenvalue weighted by Crippen LogP contribution is 2.16. The maximum Gasteiger partial charge on any atom is 0.127 e. The van der Waals surface area contributed by atoms with Crippen molar-refractivity contribution in [2.75, 3.05) is 0 Å². The molecule has 0 saturated carbocycles. The summed E-state index contributed by atoms with van der Waals surface area (Å²) in [5.74, 6) is 0. The number of hydrogen-bond acceptors (Lipinski definition) is 2. The first-order valence-electron chi connectivity index (χ1n) is 5.37. The molecule has 0 bridgehead atoms. The molecule has 0 aliphatic heterocycles. The van der Waals surface area contributed by atoms with E-state index >= 15 is 0 Å². The molecule has 0 saturated heterocycles. The van der Waals surface area contributed by atoms with Crippen molar-refractivity contribution in [3.8, 4) is 0 Å². The van der Waals surface area contributed by atoms with Crippen molar-refractivity contribution >= 4 is 15.9 Å². The van der Waals surface area contributed by atoms with Gasteiger partial charge in [-0.2, -0.15) is 0 Å². The molecule has 0 radical (unpaired) electrons. The standard InChI is InChI=1S/C10H18BrN3/c1-3-5-7-9-10(11)14(13-12-9)8-6-4-2/h3-8H2,1-2H3. The van der Waals surface area contributed by atoms with Crippen LogP contribution < -0.4 is 0 Å². The fraction of sp³-hybridized carbons (Fsp3) is 0.800.